The van der Waals surface area contributed by atoms with Crippen LogP contribution in [0.4, 0.5) is 5.69 Å². The molecule has 1 saturated heterocycles. The van der Waals surface area contributed by atoms with Crippen LogP contribution in [0.25, 0.3) is 0 Å². The van der Waals surface area contributed by atoms with Crippen LogP contribution in [0.3, 0.4) is 0 Å². The zero-order valence-corrected chi connectivity index (χ0v) is 21.7. The second-order valence-corrected chi connectivity index (χ2v) is 13.6. The molecule has 1 N–H and O–H groups in total. The van der Waals surface area contributed by atoms with Crippen molar-refractivity contribution < 1.29 is 17.9 Å². The summed E-state index contributed by atoms with van der Waals surface area (Å²) in [7, 11) is -3.76. The topological polar surface area (TPSA) is 75.7 Å². The van der Waals surface area contributed by atoms with E-state index in [2.05, 4.69) is 26.7 Å². The molecular weight excluding hydrogens is 516 g/mol. The maximum Gasteiger partial charge on any atom is 0.258 e. The number of benzene rings is 2. The third-order valence-corrected chi connectivity index (χ3v) is 10.5. The first-order valence-electron chi connectivity index (χ1n) is 12.0. The Balaban J connectivity index is 1.31. The van der Waals surface area contributed by atoms with Crippen molar-refractivity contribution >= 4 is 37.5 Å². The van der Waals surface area contributed by atoms with Gasteiger partial charge in [0.05, 0.1) is 23.6 Å². The molecule has 0 radical (unpaired) electrons. The molecule has 2 aliphatic carbocycles. The van der Waals surface area contributed by atoms with Crippen molar-refractivity contribution in [2.45, 2.75) is 61.3 Å². The molecule has 6 nitrogen and oxygen atoms in total. The number of nitrogens with zero attached hydrogens (tertiary/aromatic N) is 1. The van der Waals surface area contributed by atoms with Gasteiger partial charge in [0.2, 0.25) is 10.0 Å². The monoisotopic (exact) mass is 544 g/mol. The number of carbonyl (C=O) groups excluding carboxylic acids is 1. The molecule has 2 aromatic rings. The maximum absolute atomic E-state index is 13.8. The summed E-state index contributed by atoms with van der Waals surface area (Å²) in [4.78, 5) is 15.7. The van der Waals surface area contributed by atoms with E-state index in [1.807, 2.05) is 24.0 Å². The van der Waals surface area contributed by atoms with Gasteiger partial charge in [0.1, 0.15) is 0 Å². The fourth-order valence-electron chi connectivity index (χ4n) is 5.99. The number of carbonyl (C=O) groups is 1. The van der Waals surface area contributed by atoms with E-state index >= 15 is 0 Å². The molecule has 0 aromatic heterocycles. The number of ether oxygens (including phenoxy) is 1. The number of rotatable bonds is 4. The average molecular weight is 545 g/mol. The van der Waals surface area contributed by atoms with Gasteiger partial charge in [-0.25, -0.2) is 13.1 Å². The number of fused-ring (bicyclic) bond motifs is 2. The Morgan fingerprint density at radius 1 is 1.03 bits per heavy atom. The fourth-order valence-corrected chi connectivity index (χ4v) is 7.77. The molecule has 1 amide bonds. The zero-order valence-electron chi connectivity index (χ0n) is 19.3. The molecule has 2 heterocycles. The Morgan fingerprint density at radius 2 is 1.74 bits per heavy atom. The van der Waals surface area contributed by atoms with Gasteiger partial charge in [0, 0.05) is 27.7 Å². The normalized spacial score (nSPS) is 23.5. The predicted molar refractivity (Wildman–Crippen MR) is 134 cm³/mol. The summed E-state index contributed by atoms with van der Waals surface area (Å²) in [6, 6.07) is 12.6. The number of sulfonamides is 1. The van der Waals surface area contributed by atoms with Crippen molar-refractivity contribution in [3.05, 3.63) is 58.1 Å². The summed E-state index contributed by atoms with van der Waals surface area (Å²) in [6.45, 7) is 3.15. The van der Waals surface area contributed by atoms with Gasteiger partial charge in [0.15, 0.2) is 0 Å². The average Bonchev–Trinajstić information content (AvgIpc) is 3.50. The van der Waals surface area contributed by atoms with Crippen LogP contribution in [-0.2, 0) is 20.2 Å². The van der Waals surface area contributed by atoms with Crippen molar-refractivity contribution in [3.8, 4) is 0 Å². The van der Waals surface area contributed by atoms with Gasteiger partial charge < -0.3 is 9.64 Å². The van der Waals surface area contributed by atoms with Gasteiger partial charge in [0.25, 0.3) is 5.91 Å². The van der Waals surface area contributed by atoms with Crippen LogP contribution in [0.2, 0.25) is 0 Å². The highest BCUT2D eigenvalue weighted by Gasteiger charge is 2.53. The molecule has 2 saturated carbocycles. The number of hydrogen-bond donors (Lipinski definition) is 1. The van der Waals surface area contributed by atoms with Gasteiger partial charge in [-0.1, -0.05) is 22.0 Å². The van der Waals surface area contributed by atoms with E-state index < -0.39 is 15.6 Å². The Morgan fingerprint density at radius 3 is 2.38 bits per heavy atom. The highest BCUT2D eigenvalue weighted by atomic mass is 79.9. The molecule has 2 aliphatic heterocycles. The van der Waals surface area contributed by atoms with Crippen LogP contribution >= 0.6 is 15.9 Å². The summed E-state index contributed by atoms with van der Waals surface area (Å²) in [5, 5.41) is 0. The maximum atomic E-state index is 13.8. The van der Waals surface area contributed by atoms with Crippen LogP contribution in [0.5, 0.6) is 0 Å². The lowest BCUT2D eigenvalue weighted by Gasteiger charge is -2.38. The lowest BCUT2D eigenvalue weighted by atomic mass is 9.66. The number of hydrogen-bond acceptors (Lipinski definition) is 4. The standard InChI is InChI=1S/C26H29BrN2O4S/c1-24(16-33-17-24)28-34(31,32)20-4-2-3-18(13-20)23(30)29-15-26(11-9-25(7-8-25)10-12-26)21-14-19(27)5-6-22(21)29/h2-6,13-14,28H,7-12,15-17H2,1H3. The highest BCUT2D eigenvalue weighted by Crippen LogP contribution is 2.62. The van der Waals surface area contributed by atoms with Gasteiger partial charge in [-0.05, 0) is 92.8 Å². The number of anilines is 1. The number of amides is 1. The molecule has 2 spiro atoms. The van der Waals surface area contributed by atoms with Crippen LogP contribution in [0, 0.1) is 5.41 Å². The smallest absolute Gasteiger partial charge is 0.258 e. The fraction of sp³-hybridized carbons (Fsp3) is 0.500. The molecule has 8 heteroatoms. The van der Waals surface area contributed by atoms with E-state index in [4.69, 9.17) is 4.74 Å². The van der Waals surface area contributed by atoms with Crippen LogP contribution in [-0.4, -0.2) is 39.6 Å². The van der Waals surface area contributed by atoms with Crippen molar-refractivity contribution in [2.75, 3.05) is 24.7 Å². The van der Waals surface area contributed by atoms with Crippen molar-refractivity contribution in [3.63, 3.8) is 0 Å². The first kappa shape index (κ1) is 22.7. The third-order valence-electron chi connectivity index (χ3n) is 8.36. The molecule has 2 aromatic carbocycles. The van der Waals surface area contributed by atoms with Gasteiger partial charge in [-0.3, -0.25) is 4.79 Å². The van der Waals surface area contributed by atoms with Gasteiger partial charge in [-0.2, -0.15) is 0 Å². The molecule has 3 fully saturated rings. The second-order valence-electron chi connectivity index (χ2n) is 11.0. The summed E-state index contributed by atoms with van der Waals surface area (Å²) in [5.74, 6) is -0.151. The van der Waals surface area contributed by atoms with E-state index in [1.54, 1.807) is 12.1 Å². The summed E-state index contributed by atoms with van der Waals surface area (Å²) in [5.41, 5.74) is 2.52. The molecule has 6 rings (SSSR count). The molecule has 4 aliphatic rings. The largest absolute Gasteiger partial charge is 0.377 e. The SMILES string of the molecule is CC1(NS(=O)(=O)c2cccc(C(=O)N3CC4(CCC5(CC5)CC4)c4cc(Br)ccc43)c2)COC1. The van der Waals surface area contributed by atoms with E-state index in [0.717, 1.165) is 23.0 Å². The Bertz CT molecular complexity index is 1270. The minimum atomic E-state index is -3.76. The summed E-state index contributed by atoms with van der Waals surface area (Å²) < 4.78 is 34.9. The third kappa shape index (κ3) is 3.74. The zero-order chi connectivity index (χ0) is 23.8. The van der Waals surface area contributed by atoms with Gasteiger partial charge >= 0.3 is 0 Å². The molecule has 34 heavy (non-hydrogen) atoms. The first-order valence-corrected chi connectivity index (χ1v) is 14.2. The minimum absolute atomic E-state index is 0.0212. The molecule has 0 unspecified atom stereocenters. The second kappa shape index (κ2) is 7.63. The van der Waals surface area contributed by atoms with E-state index in [9.17, 15) is 13.2 Å². The molecule has 0 bridgehead atoms. The minimum Gasteiger partial charge on any atom is -0.377 e. The highest BCUT2D eigenvalue weighted by molar-refractivity contribution is 9.10. The van der Waals surface area contributed by atoms with Gasteiger partial charge in [-0.15, -0.1) is 0 Å². The first-order chi connectivity index (χ1) is 16.1. The van der Waals surface area contributed by atoms with E-state index in [1.165, 1.54) is 43.4 Å². The lowest BCUT2D eigenvalue weighted by Crippen LogP contribution is -2.59. The van der Waals surface area contributed by atoms with E-state index in [-0.39, 0.29) is 16.2 Å². The molecule has 0 atom stereocenters. The Kier molecular flexibility index (Phi) is 5.09. The quantitative estimate of drug-likeness (QED) is 0.601. The molecule has 180 valence electrons. The van der Waals surface area contributed by atoms with Crippen molar-refractivity contribution in [2.24, 2.45) is 5.41 Å². The van der Waals surface area contributed by atoms with Crippen molar-refractivity contribution in [1.29, 1.82) is 0 Å². The van der Waals surface area contributed by atoms with Crippen LogP contribution in [0.15, 0.2) is 51.8 Å². The number of halogens is 1. The Labute approximate surface area is 209 Å². The number of nitrogens with one attached hydrogen (secondary N) is 1. The predicted octanol–water partition coefficient (Wildman–Crippen LogP) is 4.77. The molecular formula is C26H29BrN2O4S. The van der Waals surface area contributed by atoms with E-state index in [0.29, 0.717) is 30.7 Å². The van der Waals surface area contributed by atoms with Crippen molar-refractivity contribution in [1.82, 2.24) is 4.72 Å². The Hall–Kier alpha value is -1.74. The summed E-state index contributed by atoms with van der Waals surface area (Å²) >= 11 is 3.63. The van der Waals surface area contributed by atoms with Crippen LogP contribution in [0.1, 0.15) is 61.4 Å². The van der Waals surface area contributed by atoms with Crippen LogP contribution < -0.4 is 9.62 Å². The summed E-state index contributed by atoms with van der Waals surface area (Å²) in [6.07, 6.45) is 7.33. The lowest BCUT2D eigenvalue weighted by molar-refractivity contribution is -0.0523.